The molecule has 4 nitrogen and oxygen atoms in total. The smallest absolute Gasteiger partial charge is 0.221 e. The summed E-state index contributed by atoms with van der Waals surface area (Å²) >= 11 is 0. The lowest BCUT2D eigenvalue weighted by Gasteiger charge is -2.31. The predicted octanol–water partition coefficient (Wildman–Crippen LogP) is 0.978. The summed E-state index contributed by atoms with van der Waals surface area (Å²) in [6, 6.07) is 0.810. The number of nitrogens with one attached hydrogen (secondary N) is 2. The van der Waals surface area contributed by atoms with Gasteiger partial charge in [0.2, 0.25) is 5.91 Å². The Labute approximate surface area is 117 Å². The topological polar surface area (TPSA) is 44.4 Å². The Hall–Kier alpha value is -1.05. The number of amides is 1. The van der Waals surface area contributed by atoms with Crippen LogP contribution in [0.5, 0.6) is 0 Å². The standard InChI is InChI=1S/C15H27N3O/c1-4-10-18-11-7-14(8-12-18)16-9-6-15(19)17-13(3)5-2/h1,13-14,16H,5-12H2,2-3H3,(H,17,19). The first-order valence-electron chi connectivity index (χ1n) is 7.34. The van der Waals surface area contributed by atoms with Crippen LogP contribution >= 0.6 is 0 Å². The van der Waals surface area contributed by atoms with E-state index in [0.717, 1.165) is 45.4 Å². The summed E-state index contributed by atoms with van der Waals surface area (Å²) in [7, 11) is 0. The minimum atomic E-state index is 0.145. The second-order valence-electron chi connectivity index (χ2n) is 5.34. The van der Waals surface area contributed by atoms with Gasteiger partial charge in [-0.25, -0.2) is 0 Å². The molecule has 1 aliphatic heterocycles. The van der Waals surface area contributed by atoms with E-state index in [-0.39, 0.29) is 11.9 Å². The van der Waals surface area contributed by atoms with Gasteiger partial charge < -0.3 is 10.6 Å². The fourth-order valence-corrected chi connectivity index (χ4v) is 2.26. The second kappa shape index (κ2) is 8.95. The van der Waals surface area contributed by atoms with Crippen molar-refractivity contribution in [2.24, 2.45) is 0 Å². The van der Waals surface area contributed by atoms with Crippen LogP contribution in [-0.2, 0) is 4.79 Å². The van der Waals surface area contributed by atoms with Gasteiger partial charge in [0.25, 0.3) is 0 Å². The first-order chi connectivity index (χ1) is 9.15. The number of carbonyl (C=O) groups excluding carboxylic acids is 1. The molecule has 0 aliphatic carbocycles. The molecule has 1 unspecified atom stereocenters. The van der Waals surface area contributed by atoms with Gasteiger partial charge in [-0.05, 0) is 26.2 Å². The molecule has 0 aromatic carbocycles. The van der Waals surface area contributed by atoms with Crippen LogP contribution in [0.1, 0.15) is 39.5 Å². The molecule has 0 saturated carbocycles. The zero-order valence-electron chi connectivity index (χ0n) is 12.2. The molecule has 1 aliphatic rings. The molecule has 0 radical (unpaired) electrons. The normalized spacial score (nSPS) is 18.8. The summed E-state index contributed by atoms with van der Waals surface area (Å²) in [5.41, 5.74) is 0. The highest BCUT2D eigenvalue weighted by Crippen LogP contribution is 2.09. The fraction of sp³-hybridized carbons (Fsp3) is 0.800. The van der Waals surface area contributed by atoms with Crippen LogP contribution in [0, 0.1) is 12.3 Å². The average Bonchev–Trinajstić information content (AvgIpc) is 2.41. The van der Waals surface area contributed by atoms with Crippen LogP contribution < -0.4 is 10.6 Å². The Kier molecular flexibility index (Phi) is 7.54. The Bertz CT molecular complexity index is 303. The summed E-state index contributed by atoms with van der Waals surface area (Å²) in [6.07, 6.45) is 9.09. The first kappa shape index (κ1) is 16.0. The van der Waals surface area contributed by atoms with Gasteiger partial charge in [-0.3, -0.25) is 9.69 Å². The summed E-state index contributed by atoms with van der Waals surface area (Å²) in [5.74, 6) is 2.83. The summed E-state index contributed by atoms with van der Waals surface area (Å²) in [5, 5.41) is 6.45. The van der Waals surface area contributed by atoms with E-state index in [1.54, 1.807) is 0 Å². The van der Waals surface area contributed by atoms with Crippen molar-refractivity contribution in [2.75, 3.05) is 26.2 Å². The number of carbonyl (C=O) groups is 1. The fourth-order valence-electron chi connectivity index (χ4n) is 2.26. The van der Waals surface area contributed by atoms with E-state index in [9.17, 15) is 4.79 Å². The lowest BCUT2D eigenvalue weighted by molar-refractivity contribution is -0.121. The lowest BCUT2D eigenvalue weighted by atomic mass is 10.1. The Balaban J connectivity index is 2.08. The van der Waals surface area contributed by atoms with E-state index >= 15 is 0 Å². The highest BCUT2D eigenvalue weighted by molar-refractivity contribution is 5.76. The third-order valence-electron chi connectivity index (χ3n) is 3.71. The molecule has 0 aromatic heterocycles. The van der Waals surface area contributed by atoms with Gasteiger partial charge in [-0.15, -0.1) is 6.42 Å². The number of likely N-dealkylation sites (tertiary alicyclic amines) is 1. The SMILES string of the molecule is C#CCN1CCC(NCCC(=O)NC(C)CC)CC1. The molecule has 1 heterocycles. The maximum absolute atomic E-state index is 11.6. The summed E-state index contributed by atoms with van der Waals surface area (Å²) < 4.78 is 0. The van der Waals surface area contributed by atoms with Crippen LogP contribution in [0.3, 0.4) is 0 Å². The minimum Gasteiger partial charge on any atom is -0.354 e. The Morgan fingerprint density at radius 3 is 2.74 bits per heavy atom. The van der Waals surface area contributed by atoms with Crippen molar-refractivity contribution in [3.05, 3.63) is 0 Å². The molecule has 1 rings (SSSR count). The Morgan fingerprint density at radius 2 is 2.16 bits per heavy atom. The van der Waals surface area contributed by atoms with Crippen LogP contribution in [0.2, 0.25) is 0 Å². The van der Waals surface area contributed by atoms with Crippen molar-refractivity contribution in [2.45, 2.75) is 51.6 Å². The Morgan fingerprint density at radius 1 is 1.47 bits per heavy atom. The number of hydrogen-bond acceptors (Lipinski definition) is 3. The predicted molar refractivity (Wildman–Crippen MR) is 78.8 cm³/mol. The maximum atomic E-state index is 11.6. The van der Waals surface area contributed by atoms with Crippen molar-refractivity contribution in [1.82, 2.24) is 15.5 Å². The molecule has 1 amide bonds. The first-order valence-corrected chi connectivity index (χ1v) is 7.34. The molecule has 0 bridgehead atoms. The largest absolute Gasteiger partial charge is 0.354 e. The van der Waals surface area contributed by atoms with E-state index < -0.39 is 0 Å². The quantitative estimate of drug-likeness (QED) is 0.675. The average molecular weight is 265 g/mol. The molecular formula is C15H27N3O. The number of hydrogen-bond donors (Lipinski definition) is 2. The molecule has 4 heteroatoms. The molecule has 2 N–H and O–H groups in total. The van der Waals surface area contributed by atoms with Crippen molar-refractivity contribution in [3.63, 3.8) is 0 Å². The zero-order chi connectivity index (χ0) is 14.1. The third kappa shape index (κ3) is 6.60. The van der Waals surface area contributed by atoms with Gasteiger partial charge >= 0.3 is 0 Å². The highest BCUT2D eigenvalue weighted by atomic mass is 16.1. The lowest BCUT2D eigenvalue weighted by Crippen LogP contribution is -2.43. The van der Waals surface area contributed by atoms with Crippen molar-refractivity contribution < 1.29 is 4.79 Å². The van der Waals surface area contributed by atoms with Crippen LogP contribution in [0.25, 0.3) is 0 Å². The molecule has 0 spiro atoms. The number of nitrogens with zero attached hydrogens (tertiary/aromatic N) is 1. The van der Waals surface area contributed by atoms with E-state index in [4.69, 9.17) is 6.42 Å². The van der Waals surface area contributed by atoms with Gasteiger partial charge in [0, 0.05) is 38.1 Å². The van der Waals surface area contributed by atoms with Crippen LogP contribution in [-0.4, -0.2) is 49.1 Å². The molecule has 1 fully saturated rings. The number of terminal acetylenes is 1. The maximum Gasteiger partial charge on any atom is 0.221 e. The van der Waals surface area contributed by atoms with Crippen LogP contribution in [0.15, 0.2) is 0 Å². The zero-order valence-corrected chi connectivity index (χ0v) is 12.2. The number of rotatable bonds is 7. The molecule has 19 heavy (non-hydrogen) atoms. The molecular weight excluding hydrogens is 238 g/mol. The van der Waals surface area contributed by atoms with Crippen molar-refractivity contribution >= 4 is 5.91 Å². The highest BCUT2D eigenvalue weighted by Gasteiger charge is 2.17. The van der Waals surface area contributed by atoms with E-state index in [1.165, 1.54) is 0 Å². The third-order valence-corrected chi connectivity index (χ3v) is 3.71. The second-order valence-corrected chi connectivity index (χ2v) is 5.34. The summed E-state index contributed by atoms with van der Waals surface area (Å²) in [4.78, 5) is 13.9. The molecule has 0 aromatic rings. The van der Waals surface area contributed by atoms with Gasteiger partial charge in [0.1, 0.15) is 0 Å². The summed E-state index contributed by atoms with van der Waals surface area (Å²) in [6.45, 7) is 7.74. The van der Waals surface area contributed by atoms with Crippen molar-refractivity contribution in [3.8, 4) is 12.3 Å². The molecule has 1 saturated heterocycles. The van der Waals surface area contributed by atoms with E-state index in [1.807, 2.05) is 6.92 Å². The van der Waals surface area contributed by atoms with Gasteiger partial charge in [0.15, 0.2) is 0 Å². The molecule has 108 valence electrons. The molecule has 1 atom stereocenters. The van der Waals surface area contributed by atoms with E-state index in [0.29, 0.717) is 12.5 Å². The van der Waals surface area contributed by atoms with Crippen LogP contribution in [0.4, 0.5) is 0 Å². The van der Waals surface area contributed by atoms with Gasteiger partial charge in [-0.2, -0.15) is 0 Å². The van der Waals surface area contributed by atoms with E-state index in [2.05, 4.69) is 28.4 Å². The monoisotopic (exact) mass is 265 g/mol. The number of piperidine rings is 1. The van der Waals surface area contributed by atoms with Gasteiger partial charge in [-0.1, -0.05) is 12.8 Å². The minimum absolute atomic E-state index is 0.145. The van der Waals surface area contributed by atoms with Crippen molar-refractivity contribution in [1.29, 1.82) is 0 Å². The van der Waals surface area contributed by atoms with Gasteiger partial charge in [0.05, 0.1) is 6.54 Å².